The van der Waals surface area contributed by atoms with Crippen molar-refractivity contribution in [3.8, 4) is 6.07 Å². The lowest BCUT2D eigenvalue weighted by atomic mass is 10.2. The van der Waals surface area contributed by atoms with Crippen molar-refractivity contribution in [2.45, 2.75) is 18.4 Å². The fraction of sp³-hybridized carbons (Fsp3) is 0.154. The SMILES string of the molecule is Cc1c(NCc2ccc(C#N)o2)cccc1S(N)(=O)=O. The van der Waals surface area contributed by atoms with E-state index in [0.29, 0.717) is 23.6 Å². The highest BCUT2D eigenvalue weighted by Crippen LogP contribution is 2.22. The second kappa shape index (κ2) is 5.36. The lowest BCUT2D eigenvalue weighted by Gasteiger charge is -2.11. The number of nitrogens with two attached hydrogens (primary N) is 1. The van der Waals surface area contributed by atoms with E-state index in [9.17, 15) is 8.42 Å². The molecule has 0 saturated heterocycles. The standard InChI is InChI=1S/C13H13N3O3S/c1-9-12(3-2-4-13(9)20(15,17)18)16-8-11-6-5-10(7-14)19-11/h2-6,16H,8H2,1H3,(H2,15,17,18). The summed E-state index contributed by atoms with van der Waals surface area (Å²) in [4.78, 5) is 0.0830. The van der Waals surface area contributed by atoms with E-state index >= 15 is 0 Å². The monoisotopic (exact) mass is 291 g/mol. The molecule has 1 aromatic carbocycles. The van der Waals surface area contributed by atoms with Crippen molar-refractivity contribution < 1.29 is 12.8 Å². The average Bonchev–Trinajstić information content (AvgIpc) is 2.84. The van der Waals surface area contributed by atoms with Gasteiger partial charge in [0.1, 0.15) is 11.8 Å². The number of hydrogen-bond acceptors (Lipinski definition) is 5. The molecule has 7 heteroatoms. The van der Waals surface area contributed by atoms with Crippen molar-refractivity contribution in [3.63, 3.8) is 0 Å². The number of benzene rings is 1. The maximum absolute atomic E-state index is 11.4. The summed E-state index contributed by atoms with van der Waals surface area (Å²) in [6, 6.07) is 9.97. The van der Waals surface area contributed by atoms with E-state index in [-0.39, 0.29) is 10.7 Å². The van der Waals surface area contributed by atoms with Gasteiger partial charge in [-0.3, -0.25) is 0 Å². The fourth-order valence-electron chi connectivity index (χ4n) is 1.83. The number of rotatable bonds is 4. The number of furan rings is 1. The van der Waals surface area contributed by atoms with Gasteiger partial charge < -0.3 is 9.73 Å². The van der Waals surface area contributed by atoms with Crippen LogP contribution in [0.1, 0.15) is 17.1 Å². The molecule has 3 N–H and O–H groups in total. The summed E-state index contributed by atoms with van der Waals surface area (Å²) >= 11 is 0. The second-order valence-electron chi connectivity index (χ2n) is 4.21. The number of primary sulfonamides is 1. The highest BCUT2D eigenvalue weighted by atomic mass is 32.2. The minimum Gasteiger partial charge on any atom is -0.449 e. The molecule has 0 aliphatic heterocycles. The number of nitriles is 1. The number of hydrogen-bond donors (Lipinski definition) is 2. The Kier molecular flexibility index (Phi) is 3.79. The van der Waals surface area contributed by atoms with E-state index in [2.05, 4.69) is 5.32 Å². The molecule has 6 nitrogen and oxygen atoms in total. The van der Waals surface area contributed by atoms with Gasteiger partial charge >= 0.3 is 0 Å². The summed E-state index contributed by atoms with van der Waals surface area (Å²) in [5.41, 5.74) is 1.19. The van der Waals surface area contributed by atoms with Gasteiger partial charge in [-0.15, -0.1) is 0 Å². The first-order valence-corrected chi connectivity index (χ1v) is 7.31. The Morgan fingerprint density at radius 3 is 2.70 bits per heavy atom. The van der Waals surface area contributed by atoms with Crippen LogP contribution in [0.3, 0.4) is 0 Å². The Morgan fingerprint density at radius 1 is 1.35 bits per heavy atom. The molecule has 0 bridgehead atoms. The zero-order chi connectivity index (χ0) is 14.8. The number of anilines is 1. The summed E-state index contributed by atoms with van der Waals surface area (Å²) < 4.78 is 28.1. The van der Waals surface area contributed by atoms with Crippen LogP contribution in [0.4, 0.5) is 5.69 Å². The predicted molar refractivity (Wildman–Crippen MR) is 73.3 cm³/mol. The first kappa shape index (κ1) is 14.1. The number of nitrogens with zero attached hydrogens (tertiary/aromatic N) is 1. The van der Waals surface area contributed by atoms with E-state index < -0.39 is 10.0 Å². The smallest absolute Gasteiger partial charge is 0.238 e. The zero-order valence-corrected chi connectivity index (χ0v) is 11.6. The van der Waals surface area contributed by atoms with E-state index in [1.807, 2.05) is 6.07 Å². The molecule has 104 valence electrons. The quantitative estimate of drug-likeness (QED) is 0.891. The third-order valence-corrected chi connectivity index (χ3v) is 3.87. The third-order valence-electron chi connectivity index (χ3n) is 2.82. The first-order chi connectivity index (χ1) is 9.41. The van der Waals surface area contributed by atoms with Crippen molar-refractivity contribution in [3.05, 3.63) is 47.4 Å². The maximum Gasteiger partial charge on any atom is 0.238 e. The fourth-order valence-corrected chi connectivity index (χ4v) is 2.63. The lowest BCUT2D eigenvalue weighted by molar-refractivity contribution is 0.506. The van der Waals surface area contributed by atoms with E-state index in [4.69, 9.17) is 14.8 Å². The van der Waals surface area contributed by atoms with Gasteiger partial charge in [-0.05, 0) is 36.8 Å². The van der Waals surface area contributed by atoms with Gasteiger partial charge in [-0.1, -0.05) is 6.07 Å². The van der Waals surface area contributed by atoms with Gasteiger partial charge in [0.15, 0.2) is 0 Å². The Morgan fingerprint density at radius 2 is 2.10 bits per heavy atom. The van der Waals surface area contributed by atoms with Gasteiger partial charge in [-0.2, -0.15) is 5.26 Å². The molecule has 0 aliphatic rings. The average molecular weight is 291 g/mol. The predicted octanol–water partition coefficient (Wildman–Crippen LogP) is 1.72. The summed E-state index contributed by atoms with van der Waals surface area (Å²) in [6.45, 7) is 2.02. The Labute approximate surface area is 116 Å². The lowest BCUT2D eigenvalue weighted by Crippen LogP contribution is -2.14. The maximum atomic E-state index is 11.4. The normalized spacial score (nSPS) is 11.1. The molecular weight excluding hydrogens is 278 g/mol. The van der Waals surface area contributed by atoms with Crippen LogP contribution in [-0.2, 0) is 16.6 Å². The molecule has 0 saturated carbocycles. The van der Waals surface area contributed by atoms with Gasteiger partial charge in [-0.25, -0.2) is 13.6 Å². The Hall–Kier alpha value is -2.30. The first-order valence-electron chi connectivity index (χ1n) is 5.77. The molecule has 0 unspecified atom stereocenters. The molecule has 1 aromatic heterocycles. The highest BCUT2D eigenvalue weighted by Gasteiger charge is 2.13. The molecule has 2 aromatic rings. The molecule has 2 rings (SSSR count). The van der Waals surface area contributed by atoms with Gasteiger partial charge in [0, 0.05) is 5.69 Å². The summed E-state index contributed by atoms with van der Waals surface area (Å²) in [7, 11) is -3.75. The largest absolute Gasteiger partial charge is 0.449 e. The van der Waals surface area contributed by atoms with Crippen molar-refractivity contribution in [1.82, 2.24) is 0 Å². The van der Waals surface area contributed by atoms with Gasteiger partial charge in [0.25, 0.3) is 0 Å². The van der Waals surface area contributed by atoms with Gasteiger partial charge in [0.05, 0.1) is 11.4 Å². The van der Waals surface area contributed by atoms with Crippen molar-refractivity contribution in [2.75, 3.05) is 5.32 Å². The summed E-state index contributed by atoms with van der Waals surface area (Å²) in [6.07, 6.45) is 0. The number of nitrogens with one attached hydrogen (secondary N) is 1. The Bertz CT molecular complexity index is 772. The summed E-state index contributed by atoms with van der Waals surface area (Å²) in [5.74, 6) is 0.818. The molecule has 0 amide bonds. The number of sulfonamides is 1. The van der Waals surface area contributed by atoms with Crippen LogP contribution in [0.5, 0.6) is 0 Å². The van der Waals surface area contributed by atoms with E-state index in [1.165, 1.54) is 6.07 Å². The molecule has 1 heterocycles. The van der Waals surface area contributed by atoms with E-state index in [1.54, 1.807) is 31.2 Å². The van der Waals surface area contributed by atoms with Crippen LogP contribution in [0.2, 0.25) is 0 Å². The van der Waals surface area contributed by atoms with Crippen LogP contribution >= 0.6 is 0 Å². The third kappa shape index (κ3) is 2.99. The van der Waals surface area contributed by atoms with Crippen LogP contribution in [0.25, 0.3) is 0 Å². The minimum atomic E-state index is -3.75. The minimum absolute atomic E-state index is 0.0830. The van der Waals surface area contributed by atoms with E-state index in [0.717, 1.165) is 0 Å². The second-order valence-corrected chi connectivity index (χ2v) is 5.73. The molecule has 20 heavy (non-hydrogen) atoms. The van der Waals surface area contributed by atoms with Crippen LogP contribution in [-0.4, -0.2) is 8.42 Å². The van der Waals surface area contributed by atoms with Crippen molar-refractivity contribution in [2.24, 2.45) is 5.14 Å². The molecular formula is C13H13N3O3S. The van der Waals surface area contributed by atoms with Gasteiger partial charge in [0.2, 0.25) is 15.8 Å². The molecule has 0 radical (unpaired) electrons. The van der Waals surface area contributed by atoms with Crippen LogP contribution in [0.15, 0.2) is 39.6 Å². The molecule has 0 atom stereocenters. The molecule has 0 aliphatic carbocycles. The molecule has 0 fully saturated rings. The zero-order valence-electron chi connectivity index (χ0n) is 10.8. The van der Waals surface area contributed by atoms with Crippen molar-refractivity contribution >= 4 is 15.7 Å². The summed E-state index contributed by atoms with van der Waals surface area (Å²) in [5, 5.41) is 16.9. The van der Waals surface area contributed by atoms with Crippen LogP contribution in [0, 0.1) is 18.3 Å². The van der Waals surface area contributed by atoms with Crippen LogP contribution < -0.4 is 10.5 Å². The topological polar surface area (TPSA) is 109 Å². The Balaban J connectivity index is 2.20. The highest BCUT2D eigenvalue weighted by molar-refractivity contribution is 7.89. The molecule has 0 spiro atoms. The van der Waals surface area contributed by atoms with Crippen molar-refractivity contribution in [1.29, 1.82) is 5.26 Å².